The molecule has 2 heterocycles. The van der Waals surface area contributed by atoms with Crippen molar-refractivity contribution in [1.82, 2.24) is 9.88 Å². The number of rotatable bonds is 2. The Bertz CT molecular complexity index is 473. The van der Waals surface area contributed by atoms with Gasteiger partial charge >= 0.3 is 0 Å². The van der Waals surface area contributed by atoms with Gasteiger partial charge in [0.15, 0.2) is 0 Å². The zero-order chi connectivity index (χ0) is 13.1. The molecule has 1 unspecified atom stereocenters. The lowest BCUT2D eigenvalue weighted by molar-refractivity contribution is -0.125. The van der Waals surface area contributed by atoms with Crippen LogP contribution in [0.5, 0.6) is 5.75 Å². The fourth-order valence-corrected chi connectivity index (χ4v) is 2.19. The predicted molar refractivity (Wildman–Crippen MR) is 65.2 cm³/mol. The van der Waals surface area contributed by atoms with Crippen molar-refractivity contribution in [3.05, 3.63) is 24.0 Å². The molecule has 2 rings (SSSR count). The maximum absolute atomic E-state index is 12.2. The SMILES string of the molecule is CCC1CN(C(=O)c2ccncc2O)CCC1=O. The Morgan fingerprint density at radius 3 is 3.06 bits per heavy atom. The number of hydrogen-bond acceptors (Lipinski definition) is 4. The van der Waals surface area contributed by atoms with Crippen LogP contribution in [-0.2, 0) is 4.79 Å². The molecular weight excluding hydrogens is 232 g/mol. The molecule has 1 amide bonds. The minimum atomic E-state index is -0.235. The third-order valence-electron chi connectivity index (χ3n) is 3.33. The summed E-state index contributed by atoms with van der Waals surface area (Å²) in [6, 6.07) is 1.50. The largest absolute Gasteiger partial charge is 0.505 e. The Morgan fingerprint density at radius 1 is 1.61 bits per heavy atom. The highest BCUT2D eigenvalue weighted by molar-refractivity contribution is 5.97. The normalized spacial score (nSPS) is 19.9. The van der Waals surface area contributed by atoms with Crippen LogP contribution in [-0.4, -0.2) is 39.8 Å². The summed E-state index contributed by atoms with van der Waals surface area (Å²) in [7, 11) is 0. The van der Waals surface area contributed by atoms with E-state index in [0.29, 0.717) is 19.5 Å². The van der Waals surface area contributed by atoms with Crippen molar-refractivity contribution >= 4 is 11.7 Å². The van der Waals surface area contributed by atoms with Crippen LogP contribution in [0.2, 0.25) is 0 Å². The van der Waals surface area contributed by atoms with Crippen molar-refractivity contribution in [2.24, 2.45) is 5.92 Å². The van der Waals surface area contributed by atoms with Crippen LogP contribution in [0.4, 0.5) is 0 Å². The van der Waals surface area contributed by atoms with Gasteiger partial charge in [-0.2, -0.15) is 0 Å². The molecule has 1 fully saturated rings. The summed E-state index contributed by atoms with van der Waals surface area (Å²) in [4.78, 5) is 29.2. The molecule has 1 aromatic heterocycles. The van der Waals surface area contributed by atoms with Gasteiger partial charge in [-0.1, -0.05) is 6.92 Å². The molecule has 1 atom stereocenters. The Hall–Kier alpha value is -1.91. The van der Waals surface area contributed by atoms with E-state index in [-0.39, 0.29) is 28.9 Å². The number of nitrogens with zero attached hydrogens (tertiary/aromatic N) is 2. The van der Waals surface area contributed by atoms with E-state index in [4.69, 9.17) is 0 Å². The number of Topliss-reactive ketones (excluding diaryl/α,β-unsaturated/α-hetero) is 1. The monoisotopic (exact) mass is 248 g/mol. The molecule has 1 aromatic rings. The van der Waals surface area contributed by atoms with Gasteiger partial charge in [-0.15, -0.1) is 0 Å². The molecule has 0 radical (unpaired) electrons. The predicted octanol–water partition coefficient (Wildman–Crippen LogP) is 1.23. The fraction of sp³-hybridized carbons (Fsp3) is 0.462. The molecule has 0 saturated carbocycles. The van der Waals surface area contributed by atoms with E-state index in [1.807, 2.05) is 6.92 Å². The second-order valence-electron chi connectivity index (χ2n) is 4.47. The second-order valence-corrected chi connectivity index (χ2v) is 4.47. The Kier molecular flexibility index (Phi) is 3.60. The number of amides is 1. The minimum absolute atomic E-state index is 0.0771. The van der Waals surface area contributed by atoms with Gasteiger partial charge in [-0.3, -0.25) is 14.6 Å². The van der Waals surface area contributed by atoms with Crippen LogP contribution in [0.25, 0.3) is 0 Å². The number of aromatic hydroxyl groups is 1. The Morgan fingerprint density at radius 2 is 2.39 bits per heavy atom. The van der Waals surface area contributed by atoms with Crippen LogP contribution in [0.1, 0.15) is 30.1 Å². The molecule has 0 aromatic carbocycles. The fourth-order valence-electron chi connectivity index (χ4n) is 2.19. The standard InChI is InChI=1S/C13H16N2O3/c1-2-9-8-15(6-4-11(9)16)13(18)10-3-5-14-7-12(10)17/h3,5,7,9,17H,2,4,6,8H2,1H3. The highest BCUT2D eigenvalue weighted by atomic mass is 16.3. The van der Waals surface area contributed by atoms with Gasteiger partial charge in [-0.25, -0.2) is 0 Å². The van der Waals surface area contributed by atoms with Gasteiger partial charge in [0, 0.05) is 31.6 Å². The zero-order valence-electron chi connectivity index (χ0n) is 10.3. The average Bonchev–Trinajstić information content (AvgIpc) is 2.39. The summed E-state index contributed by atoms with van der Waals surface area (Å²) < 4.78 is 0. The molecule has 1 N–H and O–H groups in total. The van der Waals surface area contributed by atoms with Gasteiger partial charge in [0.05, 0.1) is 11.8 Å². The van der Waals surface area contributed by atoms with Crippen molar-refractivity contribution in [3.8, 4) is 5.75 Å². The topological polar surface area (TPSA) is 70.5 Å². The molecule has 1 saturated heterocycles. The zero-order valence-corrected chi connectivity index (χ0v) is 10.3. The van der Waals surface area contributed by atoms with Gasteiger partial charge in [0.1, 0.15) is 11.5 Å². The maximum Gasteiger partial charge on any atom is 0.257 e. The number of ketones is 1. The summed E-state index contributed by atoms with van der Waals surface area (Å²) in [6.07, 6.45) is 3.86. The maximum atomic E-state index is 12.2. The summed E-state index contributed by atoms with van der Waals surface area (Å²) in [6.45, 7) is 2.81. The lowest BCUT2D eigenvalue weighted by atomic mass is 9.93. The molecule has 1 aliphatic rings. The van der Waals surface area contributed by atoms with Crippen molar-refractivity contribution in [2.75, 3.05) is 13.1 Å². The molecule has 5 heteroatoms. The van der Waals surface area contributed by atoms with E-state index in [1.165, 1.54) is 18.5 Å². The summed E-state index contributed by atoms with van der Waals surface area (Å²) in [5, 5.41) is 9.61. The summed E-state index contributed by atoms with van der Waals surface area (Å²) in [5.74, 6) is -0.208. The van der Waals surface area contributed by atoms with Crippen molar-refractivity contribution in [3.63, 3.8) is 0 Å². The first-order valence-electron chi connectivity index (χ1n) is 6.08. The number of piperidine rings is 1. The Labute approximate surface area is 105 Å². The van der Waals surface area contributed by atoms with Crippen LogP contribution >= 0.6 is 0 Å². The number of aromatic nitrogens is 1. The van der Waals surface area contributed by atoms with Crippen molar-refractivity contribution < 1.29 is 14.7 Å². The third kappa shape index (κ3) is 2.34. The van der Waals surface area contributed by atoms with E-state index < -0.39 is 0 Å². The number of carbonyl (C=O) groups is 2. The van der Waals surface area contributed by atoms with Gasteiger partial charge in [-0.05, 0) is 12.5 Å². The summed E-state index contributed by atoms with van der Waals surface area (Å²) >= 11 is 0. The lowest BCUT2D eigenvalue weighted by Crippen LogP contribution is -2.43. The van der Waals surface area contributed by atoms with E-state index in [9.17, 15) is 14.7 Å². The van der Waals surface area contributed by atoms with E-state index >= 15 is 0 Å². The lowest BCUT2D eigenvalue weighted by Gasteiger charge is -2.31. The van der Waals surface area contributed by atoms with Crippen LogP contribution in [0.3, 0.4) is 0 Å². The second kappa shape index (κ2) is 5.16. The first kappa shape index (κ1) is 12.5. The van der Waals surface area contributed by atoms with Gasteiger partial charge < -0.3 is 10.0 Å². The summed E-state index contributed by atoms with van der Waals surface area (Å²) in [5.41, 5.74) is 0.245. The number of hydrogen-bond donors (Lipinski definition) is 1. The van der Waals surface area contributed by atoms with E-state index in [0.717, 1.165) is 6.42 Å². The molecule has 0 bridgehead atoms. The highest BCUT2D eigenvalue weighted by Gasteiger charge is 2.29. The number of carbonyl (C=O) groups excluding carboxylic acids is 2. The molecule has 18 heavy (non-hydrogen) atoms. The molecule has 0 aliphatic carbocycles. The van der Waals surface area contributed by atoms with Crippen molar-refractivity contribution in [1.29, 1.82) is 0 Å². The van der Waals surface area contributed by atoms with Crippen molar-refractivity contribution in [2.45, 2.75) is 19.8 Å². The van der Waals surface area contributed by atoms with Gasteiger partial charge in [0.2, 0.25) is 0 Å². The smallest absolute Gasteiger partial charge is 0.257 e. The third-order valence-corrected chi connectivity index (χ3v) is 3.33. The molecule has 5 nitrogen and oxygen atoms in total. The molecule has 96 valence electrons. The van der Waals surface area contributed by atoms with Crippen LogP contribution < -0.4 is 0 Å². The minimum Gasteiger partial charge on any atom is -0.505 e. The van der Waals surface area contributed by atoms with E-state index in [1.54, 1.807) is 4.90 Å². The molecular formula is C13H16N2O3. The van der Waals surface area contributed by atoms with Crippen LogP contribution in [0, 0.1) is 5.92 Å². The van der Waals surface area contributed by atoms with E-state index in [2.05, 4.69) is 4.98 Å². The quantitative estimate of drug-likeness (QED) is 0.854. The number of pyridine rings is 1. The average molecular weight is 248 g/mol. The molecule has 1 aliphatic heterocycles. The highest BCUT2D eigenvalue weighted by Crippen LogP contribution is 2.21. The van der Waals surface area contributed by atoms with Crippen LogP contribution in [0.15, 0.2) is 18.5 Å². The molecule has 0 spiro atoms. The Balaban J connectivity index is 2.15. The van der Waals surface area contributed by atoms with Gasteiger partial charge in [0.25, 0.3) is 5.91 Å². The first-order valence-corrected chi connectivity index (χ1v) is 6.08. The number of likely N-dealkylation sites (tertiary alicyclic amines) is 1. The first-order chi connectivity index (χ1) is 8.63.